The number of pyridine rings is 1. The molecule has 1 aromatic heterocycles. The summed E-state index contributed by atoms with van der Waals surface area (Å²) in [6, 6.07) is 28.2. The lowest BCUT2D eigenvalue weighted by molar-refractivity contribution is 0.303. The maximum Gasteiger partial charge on any atom is 0.147 e. The van der Waals surface area contributed by atoms with Gasteiger partial charge < -0.3 is 26.6 Å². The normalized spacial score (nSPS) is 15.5. The number of hydrogen-bond acceptors (Lipinski definition) is 6. The fourth-order valence-corrected chi connectivity index (χ4v) is 5.26. The molecule has 6 N–H and O–H groups in total. The summed E-state index contributed by atoms with van der Waals surface area (Å²) in [7, 11) is 0. The van der Waals surface area contributed by atoms with E-state index in [2.05, 4.69) is 58.8 Å². The molecule has 1 atom stereocenters. The average Bonchev–Trinajstić information content (AvgIpc) is 2.94. The van der Waals surface area contributed by atoms with Gasteiger partial charge in [0.15, 0.2) is 0 Å². The molecule has 4 aromatic rings. The van der Waals surface area contributed by atoms with Gasteiger partial charge in [0.25, 0.3) is 0 Å². The van der Waals surface area contributed by atoms with Crippen molar-refractivity contribution in [3.8, 4) is 22.8 Å². The van der Waals surface area contributed by atoms with Crippen LogP contribution in [0.1, 0.15) is 47.8 Å². The van der Waals surface area contributed by atoms with Gasteiger partial charge in [0, 0.05) is 12.5 Å². The zero-order chi connectivity index (χ0) is 25.6. The molecule has 5 rings (SSSR count). The summed E-state index contributed by atoms with van der Waals surface area (Å²) in [4.78, 5) is 4.55. The molecule has 1 saturated heterocycles. The summed E-state index contributed by atoms with van der Waals surface area (Å²) in [5.74, 6) is 1.40. The van der Waals surface area contributed by atoms with Gasteiger partial charge in [-0.2, -0.15) is 0 Å². The Bertz CT molecular complexity index is 1280. The summed E-state index contributed by atoms with van der Waals surface area (Å²) < 4.78 is 6.32. The first-order chi connectivity index (χ1) is 18.1. The second kappa shape index (κ2) is 11.4. The Morgan fingerprint density at radius 2 is 1.65 bits per heavy atom. The summed E-state index contributed by atoms with van der Waals surface area (Å²) in [6.07, 6.45) is 2.89. The minimum atomic E-state index is 0.101. The van der Waals surface area contributed by atoms with Crippen LogP contribution in [0, 0.1) is 0 Å². The Labute approximate surface area is 218 Å². The zero-order valence-corrected chi connectivity index (χ0v) is 20.9. The number of aromatic nitrogens is 1. The topological polar surface area (TPSA) is 106 Å². The molecular formula is C31H34N4O2. The van der Waals surface area contributed by atoms with Gasteiger partial charge in [-0.3, -0.25) is 0 Å². The molecule has 0 bridgehead atoms. The van der Waals surface area contributed by atoms with Crippen LogP contribution in [0.15, 0.2) is 84.9 Å². The highest BCUT2D eigenvalue weighted by Gasteiger charge is 2.23. The quantitative estimate of drug-likeness (QED) is 0.251. The molecule has 1 aliphatic rings. The number of ether oxygens (including phenoxy) is 1. The number of phenols is 1. The summed E-state index contributed by atoms with van der Waals surface area (Å²) in [5.41, 5.74) is 17.7. The van der Waals surface area contributed by atoms with Gasteiger partial charge in [-0.25, -0.2) is 4.98 Å². The van der Waals surface area contributed by atoms with E-state index in [-0.39, 0.29) is 23.4 Å². The number of nitrogens with zero attached hydrogens (tertiary/aromatic N) is 1. The van der Waals surface area contributed by atoms with Gasteiger partial charge in [0.2, 0.25) is 0 Å². The Kier molecular flexibility index (Phi) is 7.57. The predicted molar refractivity (Wildman–Crippen MR) is 150 cm³/mol. The second-order valence-electron chi connectivity index (χ2n) is 9.60. The molecule has 2 heterocycles. The molecule has 0 amide bonds. The number of nitrogens with one attached hydrogen (secondary N) is 1. The first kappa shape index (κ1) is 24.7. The molecule has 0 spiro atoms. The maximum atomic E-state index is 10.9. The van der Waals surface area contributed by atoms with Crippen LogP contribution >= 0.6 is 0 Å². The highest BCUT2D eigenvalue weighted by atomic mass is 16.5. The van der Waals surface area contributed by atoms with Gasteiger partial charge in [0.05, 0.1) is 23.6 Å². The molecule has 0 radical (unpaired) electrons. The van der Waals surface area contributed by atoms with Crippen molar-refractivity contribution in [1.29, 1.82) is 0 Å². The van der Waals surface area contributed by atoms with Crippen molar-refractivity contribution in [2.75, 3.05) is 31.2 Å². The predicted octanol–water partition coefficient (Wildman–Crippen LogP) is 5.69. The van der Waals surface area contributed by atoms with E-state index >= 15 is 0 Å². The molecule has 190 valence electrons. The van der Waals surface area contributed by atoms with Crippen LogP contribution < -0.4 is 21.5 Å². The lowest BCUT2D eigenvalue weighted by atomic mass is 9.89. The second-order valence-corrected chi connectivity index (χ2v) is 9.60. The minimum Gasteiger partial charge on any atom is -0.507 e. The molecule has 6 nitrogen and oxygen atoms in total. The third kappa shape index (κ3) is 5.54. The maximum absolute atomic E-state index is 10.9. The van der Waals surface area contributed by atoms with E-state index in [1.165, 1.54) is 11.1 Å². The minimum absolute atomic E-state index is 0.101. The molecule has 1 aliphatic heterocycles. The number of benzene rings is 3. The molecule has 0 saturated carbocycles. The standard InChI is InChI=1S/C31H34N4O2/c32-30-25(23-13-8-17-34-20-23)19-26(35-31(30)33)29-27(36)14-7-15-28(29)37-18-16-24(21-9-3-1-4-10-21)22-11-5-2-6-12-22/h1-7,9-12,14-15,19,23-24,34,36H,8,13,16-18,20,32H2,(H2,33,35). The monoisotopic (exact) mass is 494 g/mol. The number of piperidine rings is 1. The van der Waals surface area contributed by atoms with Crippen molar-refractivity contribution >= 4 is 11.5 Å². The van der Waals surface area contributed by atoms with Gasteiger partial charge >= 0.3 is 0 Å². The third-order valence-electron chi connectivity index (χ3n) is 7.19. The Hall–Kier alpha value is -4.03. The number of nitrogen functional groups attached to an aromatic ring is 2. The highest BCUT2D eigenvalue weighted by Crippen LogP contribution is 2.41. The summed E-state index contributed by atoms with van der Waals surface area (Å²) in [5, 5.41) is 14.3. The van der Waals surface area contributed by atoms with Gasteiger partial charge in [0.1, 0.15) is 17.3 Å². The van der Waals surface area contributed by atoms with Crippen LogP contribution in [-0.4, -0.2) is 29.8 Å². The zero-order valence-electron chi connectivity index (χ0n) is 20.9. The highest BCUT2D eigenvalue weighted by molar-refractivity contribution is 5.78. The van der Waals surface area contributed by atoms with Crippen LogP contribution in [0.5, 0.6) is 11.5 Å². The Morgan fingerprint density at radius 3 is 2.30 bits per heavy atom. The van der Waals surface area contributed by atoms with Crippen LogP contribution in [0.25, 0.3) is 11.3 Å². The van der Waals surface area contributed by atoms with E-state index in [1.807, 2.05) is 24.3 Å². The largest absolute Gasteiger partial charge is 0.507 e. The van der Waals surface area contributed by atoms with Crippen LogP contribution in [-0.2, 0) is 0 Å². The Morgan fingerprint density at radius 1 is 0.946 bits per heavy atom. The van der Waals surface area contributed by atoms with Crippen molar-refractivity contribution in [2.45, 2.75) is 31.1 Å². The number of aromatic hydroxyl groups is 1. The third-order valence-corrected chi connectivity index (χ3v) is 7.19. The summed E-state index contributed by atoms with van der Waals surface area (Å²) in [6.45, 7) is 2.32. The van der Waals surface area contributed by atoms with Gasteiger partial charge in [-0.15, -0.1) is 0 Å². The fraction of sp³-hybridized carbons (Fsp3) is 0.258. The van der Waals surface area contributed by atoms with E-state index in [0.29, 0.717) is 29.3 Å². The van der Waals surface area contributed by atoms with E-state index < -0.39 is 0 Å². The van der Waals surface area contributed by atoms with E-state index in [9.17, 15) is 5.11 Å². The molecular weight excluding hydrogens is 460 g/mol. The first-order valence-corrected chi connectivity index (χ1v) is 12.9. The van der Waals surface area contributed by atoms with E-state index in [1.54, 1.807) is 12.1 Å². The van der Waals surface area contributed by atoms with Crippen LogP contribution in [0.4, 0.5) is 11.5 Å². The van der Waals surface area contributed by atoms with Crippen molar-refractivity contribution in [2.24, 2.45) is 0 Å². The van der Waals surface area contributed by atoms with Gasteiger partial charge in [-0.1, -0.05) is 66.7 Å². The van der Waals surface area contributed by atoms with Crippen molar-refractivity contribution in [3.63, 3.8) is 0 Å². The average molecular weight is 495 g/mol. The number of nitrogens with two attached hydrogens (primary N) is 2. The molecule has 1 fully saturated rings. The fourth-order valence-electron chi connectivity index (χ4n) is 5.26. The first-order valence-electron chi connectivity index (χ1n) is 12.9. The molecule has 6 heteroatoms. The van der Waals surface area contributed by atoms with E-state index in [4.69, 9.17) is 16.2 Å². The van der Waals surface area contributed by atoms with Crippen molar-refractivity contribution < 1.29 is 9.84 Å². The van der Waals surface area contributed by atoms with Gasteiger partial charge in [-0.05, 0) is 66.6 Å². The molecule has 0 aliphatic carbocycles. The van der Waals surface area contributed by atoms with Crippen LogP contribution in [0.3, 0.4) is 0 Å². The number of anilines is 2. The molecule has 1 unspecified atom stereocenters. The lowest BCUT2D eigenvalue weighted by Gasteiger charge is -2.25. The number of hydrogen-bond donors (Lipinski definition) is 4. The van der Waals surface area contributed by atoms with E-state index in [0.717, 1.165) is 37.9 Å². The SMILES string of the molecule is Nc1nc(-c2c(O)cccc2OCCC(c2ccccc2)c2ccccc2)cc(C2CCCNC2)c1N. The van der Waals surface area contributed by atoms with Crippen molar-refractivity contribution in [3.05, 3.63) is 102 Å². The van der Waals surface area contributed by atoms with Crippen molar-refractivity contribution in [1.82, 2.24) is 10.3 Å². The molecule has 37 heavy (non-hydrogen) atoms. The summed E-state index contributed by atoms with van der Waals surface area (Å²) >= 11 is 0. The number of phenolic OH excluding ortho intramolecular Hbond substituents is 1. The Balaban J connectivity index is 1.42. The lowest BCUT2D eigenvalue weighted by Crippen LogP contribution is -2.29. The molecule has 3 aromatic carbocycles. The smallest absolute Gasteiger partial charge is 0.147 e. The number of rotatable bonds is 8. The van der Waals surface area contributed by atoms with Crippen LogP contribution in [0.2, 0.25) is 0 Å².